The van der Waals surface area contributed by atoms with Crippen molar-refractivity contribution in [3.8, 4) is 11.5 Å². The van der Waals surface area contributed by atoms with Crippen LogP contribution in [0.2, 0.25) is 0 Å². The first-order valence-electron chi connectivity index (χ1n) is 19.2. The first-order chi connectivity index (χ1) is 27.8. The molecule has 4 amide bonds. The summed E-state index contributed by atoms with van der Waals surface area (Å²) in [6.45, 7) is 1.34. The van der Waals surface area contributed by atoms with Crippen molar-refractivity contribution in [3.05, 3.63) is 53.6 Å². The fraction of sp³-hybridized carbons (Fsp3) is 0.513. The average Bonchev–Trinajstić information content (AvgIpc) is 3.92. The minimum absolute atomic E-state index is 0.00269. The van der Waals surface area contributed by atoms with Gasteiger partial charge >= 0.3 is 0 Å². The number of nitrogens with zero attached hydrogens (tertiary/aromatic N) is 5. The van der Waals surface area contributed by atoms with E-state index in [1.165, 1.54) is 30.0 Å². The Morgan fingerprint density at radius 2 is 1.72 bits per heavy atom. The van der Waals surface area contributed by atoms with Crippen molar-refractivity contribution in [1.82, 2.24) is 24.3 Å². The number of aliphatic hydroxyl groups is 4. The number of nitrogens with one attached hydrogen (secondary N) is 3. The third-order valence-electron chi connectivity index (χ3n) is 10.3. The lowest BCUT2D eigenvalue weighted by atomic mass is 9.98. The number of rotatable bonds is 16. The number of aliphatic hydroxyl groups excluding tert-OH is 4. The van der Waals surface area contributed by atoms with Crippen LogP contribution in [0.4, 0.5) is 17.1 Å². The molecule has 7 N–H and O–H groups in total. The maximum absolute atomic E-state index is 13.8. The molecule has 0 unspecified atom stereocenters. The van der Waals surface area contributed by atoms with E-state index in [2.05, 4.69) is 20.9 Å². The number of fused-ring (bicyclic) bond motifs is 2. The molecule has 19 heteroatoms. The van der Waals surface area contributed by atoms with E-state index in [-0.39, 0.29) is 54.4 Å². The molecular formula is C39H52N8O11. The predicted molar refractivity (Wildman–Crippen MR) is 211 cm³/mol. The number of aliphatic imine (C=N–C) groups is 1. The van der Waals surface area contributed by atoms with Gasteiger partial charge in [0.2, 0.25) is 5.91 Å². The van der Waals surface area contributed by atoms with E-state index in [0.29, 0.717) is 41.5 Å². The molecule has 3 aliphatic rings. The number of amides is 4. The molecule has 2 saturated heterocycles. The maximum atomic E-state index is 13.8. The van der Waals surface area contributed by atoms with Crippen LogP contribution < -0.4 is 25.4 Å². The number of ether oxygens (including phenoxy) is 3. The van der Waals surface area contributed by atoms with Gasteiger partial charge < -0.3 is 69.5 Å². The van der Waals surface area contributed by atoms with E-state index < -0.39 is 49.1 Å². The van der Waals surface area contributed by atoms with Gasteiger partial charge in [0.1, 0.15) is 35.8 Å². The minimum atomic E-state index is -1.73. The van der Waals surface area contributed by atoms with Crippen molar-refractivity contribution in [1.29, 1.82) is 0 Å². The van der Waals surface area contributed by atoms with Crippen LogP contribution in [0.15, 0.2) is 41.7 Å². The average molecular weight is 809 g/mol. The summed E-state index contributed by atoms with van der Waals surface area (Å²) in [5.74, 6) is -0.865. The summed E-state index contributed by atoms with van der Waals surface area (Å²) in [4.78, 5) is 61.4. The number of methoxy groups -OCH3 is 1. The molecule has 1 aromatic carbocycles. The molecule has 314 valence electrons. The number of hydrogen-bond donors (Lipinski definition) is 7. The molecule has 0 aliphatic carbocycles. The minimum Gasteiger partial charge on any atom is -0.493 e. The smallest absolute Gasteiger partial charge is 0.272 e. The van der Waals surface area contributed by atoms with Crippen LogP contribution >= 0.6 is 0 Å². The van der Waals surface area contributed by atoms with E-state index in [1.807, 2.05) is 19.0 Å². The summed E-state index contributed by atoms with van der Waals surface area (Å²) in [6.07, 6.45) is -0.378. The van der Waals surface area contributed by atoms with Crippen LogP contribution in [0, 0.1) is 0 Å². The Hall–Kier alpha value is -5.31. The van der Waals surface area contributed by atoms with Gasteiger partial charge in [0, 0.05) is 51.2 Å². The zero-order valence-electron chi connectivity index (χ0n) is 33.0. The highest BCUT2D eigenvalue weighted by Gasteiger charge is 2.45. The number of aromatic nitrogens is 2. The number of aryl methyl sites for hydroxylation is 1. The normalized spacial score (nSPS) is 22.6. The lowest BCUT2D eigenvalue weighted by Gasteiger charge is -2.40. The van der Waals surface area contributed by atoms with Gasteiger partial charge in [0.25, 0.3) is 17.7 Å². The molecule has 2 aromatic heterocycles. The highest BCUT2D eigenvalue weighted by molar-refractivity contribution is 6.06. The second-order valence-corrected chi connectivity index (χ2v) is 14.8. The standard InChI is InChI=1S/C39H52N8O11/c1-44(2)11-7-10-40-36(53)27-14-22(19-45(27)3)43-37(54)28-15-23(20-47(28)39-35(52)34(51)33(50)31(21-48)58-39)42-32(49)9-6-13-57-30-17-26-25(16-29(30)56-4)38(55)46-12-5-8-24(46)18-41-26/h14-20,24,31,33-35,39,48,50-52H,5-13,21H2,1-4H3,(H,40,53)(H,42,49)(H,43,54)/t24-,31-,33-,34+,35-,39+/m1/s1. The van der Waals surface area contributed by atoms with Crippen molar-refractivity contribution >= 4 is 46.9 Å². The van der Waals surface area contributed by atoms with Crippen molar-refractivity contribution in [2.45, 2.75) is 68.8 Å². The van der Waals surface area contributed by atoms with Gasteiger partial charge in [-0.15, -0.1) is 0 Å². The summed E-state index contributed by atoms with van der Waals surface area (Å²) in [5.41, 5.74) is 1.51. The van der Waals surface area contributed by atoms with Gasteiger partial charge in [-0.1, -0.05) is 0 Å². The first-order valence-corrected chi connectivity index (χ1v) is 19.2. The molecule has 3 aliphatic heterocycles. The third-order valence-corrected chi connectivity index (χ3v) is 10.3. The number of anilines is 2. The number of benzene rings is 1. The van der Waals surface area contributed by atoms with Gasteiger partial charge in [-0.3, -0.25) is 24.2 Å². The molecule has 0 spiro atoms. The summed E-state index contributed by atoms with van der Waals surface area (Å²) >= 11 is 0. The molecule has 0 bridgehead atoms. The summed E-state index contributed by atoms with van der Waals surface area (Å²) in [7, 11) is 7.01. The van der Waals surface area contributed by atoms with Crippen molar-refractivity contribution < 1.29 is 53.8 Å². The Bertz CT molecular complexity index is 2010. The molecule has 0 saturated carbocycles. The Balaban J connectivity index is 1.13. The lowest BCUT2D eigenvalue weighted by molar-refractivity contribution is -0.251. The lowest BCUT2D eigenvalue weighted by Crippen LogP contribution is -2.56. The second kappa shape index (κ2) is 18.5. The quantitative estimate of drug-likeness (QED) is 0.0998. The Kier molecular flexibility index (Phi) is 13.5. The monoisotopic (exact) mass is 808 g/mol. The van der Waals surface area contributed by atoms with Crippen molar-refractivity contribution in [2.75, 3.05) is 64.7 Å². The van der Waals surface area contributed by atoms with Gasteiger partial charge in [0.15, 0.2) is 17.7 Å². The van der Waals surface area contributed by atoms with Gasteiger partial charge in [-0.25, -0.2) is 0 Å². The summed E-state index contributed by atoms with van der Waals surface area (Å²) < 4.78 is 20.0. The Morgan fingerprint density at radius 1 is 0.966 bits per heavy atom. The number of carbonyl (C=O) groups is 4. The molecule has 2 fully saturated rings. The number of carbonyl (C=O) groups excluding carboxylic acids is 4. The number of hydrogen-bond acceptors (Lipinski definition) is 13. The SMILES string of the molecule is COc1cc2c(cc1OCCCC(=O)Nc1cc(C(=O)Nc3cc(C(=O)NCCCN(C)C)n(C)c3)n([C@H]3O[C@H](CO)[C@@H](O)[C@H](O)[C@H]3O)c1)N=C[C@H]1CCCN1C2=O. The van der Waals surface area contributed by atoms with E-state index in [1.54, 1.807) is 41.1 Å². The van der Waals surface area contributed by atoms with E-state index >= 15 is 0 Å². The molecular weight excluding hydrogens is 756 g/mol. The van der Waals surface area contributed by atoms with Crippen LogP contribution in [0.1, 0.15) is 69.7 Å². The molecule has 6 rings (SSSR count). The molecule has 19 nitrogen and oxygen atoms in total. The van der Waals surface area contributed by atoms with Crippen LogP contribution in [0.3, 0.4) is 0 Å². The van der Waals surface area contributed by atoms with Gasteiger partial charge in [0.05, 0.1) is 49.0 Å². The van der Waals surface area contributed by atoms with Crippen LogP contribution in [-0.4, -0.2) is 154 Å². The third kappa shape index (κ3) is 9.35. The molecule has 58 heavy (non-hydrogen) atoms. The molecule has 6 atom stereocenters. The second-order valence-electron chi connectivity index (χ2n) is 14.8. The highest BCUT2D eigenvalue weighted by atomic mass is 16.6. The van der Waals surface area contributed by atoms with Crippen molar-refractivity contribution in [3.63, 3.8) is 0 Å². The van der Waals surface area contributed by atoms with E-state index in [9.17, 15) is 39.6 Å². The zero-order chi connectivity index (χ0) is 41.7. The van der Waals surface area contributed by atoms with Gasteiger partial charge in [-0.2, -0.15) is 0 Å². The molecule has 3 aromatic rings. The van der Waals surface area contributed by atoms with Crippen LogP contribution in [0.5, 0.6) is 11.5 Å². The Morgan fingerprint density at radius 3 is 2.47 bits per heavy atom. The van der Waals surface area contributed by atoms with Gasteiger partial charge in [-0.05, 0) is 64.5 Å². The fourth-order valence-electron chi connectivity index (χ4n) is 7.25. The van der Waals surface area contributed by atoms with Crippen LogP contribution in [-0.2, 0) is 16.6 Å². The predicted octanol–water partition coefficient (Wildman–Crippen LogP) is 0.860. The molecule has 5 heterocycles. The summed E-state index contributed by atoms with van der Waals surface area (Å²) in [5, 5.41) is 50.0. The topological polar surface area (TPSA) is 242 Å². The van der Waals surface area contributed by atoms with Crippen LogP contribution in [0.25, 0.3) is 0 Å². The largest absolute Gasteiger partial charge is 0.493 e. The van der Waals surface area contributed by atoms with E-state index in [4.69, 9.17) is 14.2 Å². The fourth-order valence-corrected chi connectivity index (χ4v) is 7.25. The van der Waals surface area contributed by atoms with E-state index in [0.717, 1.165) is 25.8 Å². The maximum Gasteiger partial charge on any atom is 0.272 e. The summed E-state index contributed by atoms with van der Waals surface area (Å²) in [6, 6.07) is 6.07. The van der Waals surface area contributed by atoms with Crippen molar-refractivity contribution in [2.24, 2.45) is 12.0 Å². The zero-order valence-corrected chi connectivity index (χ0v) is 33.0. The molecule has 0 radical (unpaired) electrons. The Labute approximate surface area is 335 Å². The first kappa shape index (κ1) is 42.3. The highest BCUT2D eigenvalue weighted by Crippen LogP contribution is 2.38.